The molecule has 3 rings (SSSR count). The Hall–Kier alpha value is -2.44. The van der Waals surface area contributed by atoms with Crippen molar-refractivity contribution in [1.29, 1.82) is 0 Å². The number of halogens is 1. The zero-order chi connectivity index (χ0) is 14.7. The summed E-state index contributed by atoms with van der Waals surface area (Å²) in [5.41, 5.74) is 1.12. The number of pyridine rings is 1. The van der Waals surface area contributed by atoms with Crippen LogP contribution in [0.2, 0.25) is 0 Å². The summed E-state index contributed by atoms with van der Waals surface area (Å²) in [6.07, 6.45) is 4.62. The quantitative estimate of drug-likeness (QED) is 0.891. The summed E-state index contributed by atoms with van der Waals surface area (Å²) in [5, 5.41) is 9.62. The van der Waals surface area contributed by atoms with Gasteiger partial charge in [-0.3, -0.25) is 10.4 Å². The molecule has 2 N–H and O–H groups in total. The highest BCUT2D eigenvalue weighted by Gasteiger charge is 2.24. The highest BCUT2D eigenvalue weighted by Crippen LogP contribution is 2.26. The Morgan fingerprint density at radius 3 is 2.76 bits per heavy atom. The molecule has 3 heterocycles. The van der Waals surface area contributed by atoms with E-state index >= 15 is 0 Å². The first kappa shape index (κ1) is 13.5. The maximum absolute atomic E-state index is 12.8. The van der Waals surface area contributed by atoms with Crippen LogP contribution < -0.4 is 5.32 Å². The Morgan fingerprint density at radius 2 is 2.14 bits per heavy atom. The molecule has 2 aromatic rings. The van der Waals surface area contributed by atoms with Gasteiger partial charge in [0.2, 0.25) is 0 Å². The molecule has 110 valence electrons. The molecule has 0 saturated carbocycles. The lowest BCUT2D eigenvalue weighted by Gasteiger charge is -2.31. The van der Waals surface area contributed by atoms with Crippen molar-refractivity contribution in [3.8, 4) is 0 Å². The standard InChI is InChI=1S/C14H16FN5O/c15-11-1-2-13(16-9-11)18-14(21)20-7-4-10(5-8-20)12-3-6-17-19-12/h1-3,6,9-10H,4-5,7-8H2,(H,17,19)(H,16,18,21). The Kier molecular flexibility index (Phi) is 3.81. The third-order valence-corrected chi connectivity index (χ3v) is 3.71. The molecule has 0 bridgehead atoms. The van der Waals surface area contributed by atoms with Crippen molar-refractivity contribution in [3.63, 3.8) is 0 Å². The molecule has 6 nitrogen and oxygen atoms in total. The van der Waals surface area contributed by atoms with Gasteiger partial charge in [0.25, 0.3) is 0 Å². The number of amides is 2. The molecule has 2 aromatic heterocycles. The van der Waals surface area contributed by atoms with Crippen LogP contribution in [-0.2, 0) is 0 Å². The van der Waals surface area contributed by atoms with Crippen LogP contribution in [0.25, 0.3) is 0 Å². The third-order valence-electron chi connectivity index (χ3n) is 3.71. The number of anilines is 1. The Morgan fingerprint density at radius 1 is 1.33 bits per heavy atom. The Bertz CT molecular complexity index is 590. The number of piperidine rings is 1. The number of carbonyl (C=O) groups is 1. The van der Waals surface area contributed by atoms with Crippen LogP contribution in [0.5, 0.6) is 0 Å². The van der Waals surface area contributed by atoms with Crippen molar-refractivity contribution in [1.82, 2.24) is 20.1 Å². The zero-order valence-corrected chi connectivity index (χ0v) is 11.4. The number of aromatic amines is 1. The molecule has 0 radical (unpaired) electrons. The largest absolute Gasteiger partial charge is 0.324 e. The highest BCUT2D eigenvalue weighted by molar-refractivity contribution is 5.88. The van der Waals surface area contributed by atoms with Gasteiger partial charge in [-0.1, -0.05) is 0 Å². The van der Waals surface area contributed by atoms with E-state index in [1.54, 1.807) is 11.1 Å². The number of carbonyl (C=O) groups excluding carboxylic acids is 1. The molecule has 21 heavy (non-hydrogen) atoms. The maximum atomic E-state index is 12.8. The van der Waals surface area contributed by atoms with Gasteiger partial charge in [0.1, 0.15) is 11.6 Å². The third kappa shape index (κ3) is 3.18. The fourth-order valence-electron chi connectivity index (χ4n) is 2.53. The van der Waals surface area contributed by atoms with Crippen LogP contribution >= 0.6 is 0 Å². The van der Waals surface area contributed by atoms with Gasteiger partial charge in [0.05, 0.1) is 6.20 Å². The molecule has 0 aliphatic carbocycles. The van der Waals surface area contributed by atoms with E-state index in [4.69, 9.17) is 0 Å². The fraction of sp³-hybridized carbons (Fsp3) is 0.357. The topological polar surface area (TPSA) is 73.9 Å². The molecule has 1 aliphatic heterocycles. The molecule has 7 heteroatoms. The van der Waals surface area contributed by atoms with E-state index in [-0.39, 0.29) is 6.03 Å². The van der Waals surface area contributed by atoms with Crippen LogP contribution in [0.3, 0.4) is 0 Å². The van der Waals surface area contributed by atoms with Crippen molar-refractivity contribution in [3.05, 3.63) is 42.1 Å². The SMILES string of the molecule is O=C(Nc1ccc(F)cn1)N1CCC(c2ccn[nH]2)CC1. The Balaban J connectivity index is 1.54. The molecular formula is C14H16FN5O. The molecule has 0 spiro atoms. The van der Waals surface area contributed by atoms with E-state index in [2.05, 4.69) is 20.5 Å². The average Bonchev–Trinajstić information content (AvgIpc) is 3.04. The smallest absolute Gasteiger partial charge is 0.323 e. The van der Waals surface area contributed by atoms with Gasteiger partial charge >= 0.3 is 6.03 Å². The minimum absolute atomic E-state index is 0.197. The van der Waals surface area contributed by atoms with Gasteiger partial charge in [-0.15, -0.1) is 0 Å². The number of hydrogen-bond donors (Lipinski definition) is 2. The van der Waals surface area contributed by atoms with Gasteiger partial charge in [-0.2, -0.15) is 5.10 Å². The van der Waals surface area contributed by atoms with Gasteiger partial charge in [-0.25, -0.2) is 14.2 Å². The van der Waals surface area contributed by atoms with E-state index in [1.807, 2.05) is 6.07 Å². The van der Waals surface area contributed by atoms with E-state index < -0.39 is 5.82 Å². The monoisotopic (exact) mass is 289 g/mol. The van der Waals surface area contributed by atoms with Crippen molar-refractivity contribution < 1.29 is 9.18 Å². The lowest BCUT2D eigenvalue weighted by Crippen LogP contribution is -2.40. The minimum Gasteiger partial charge on any atom is -0.324 e. The summed E-state index contributed by atoms with van der Waals surface area (Å²) in [4.78, 5) is 17.7. The van der Waals surface area contributed by atoms with Crippen molar-refractivity contribution >= 4 is 11.8 Å². The maximum Gasteiger partial charge on any atom is 0.323 e. The van der Waals surface area contributed by atoms with Crippen LogP contribution in [0.4, 0.5) is 15.0 Å². The van der Waals surface area contributed by atoms with Gasteiger partial charge in [-0.05, 0) is 31.0 Å². The summed E-state index contributed by atoms with van der Waals surface area (Å²) in [5.74, 6) is 0.353. The molecule has 0 atom stereocenters. The molecular weight excluding hydrogens is 273 g/mol. The predicted molar refractivity (Wildman–Crippen MR) is 75.3 cm³/mol. The molecule has 1 aliphatic rings. The van der Waals surface area contributed by atoms with Crippen LogP contribution in [0, 0.1) is 5.82 Å². The van der Waals surface area contributed by atoms with E-state index in [0.717, 1.165) is 24.7 Å². The lowest BCUT2D eigenvalue weighted by molar-refractivity contribution is 0.194. The summed E-state index contributed by atoms with van der Waals surface area (Å²) in [7, 11) is 0. The number of nitrogens with one attached hydrogen (secondary N) is 2. The lowest BCUT2D eigenvalue weighted by atomic mass is 9.94. The van der Waals surface area contributed by atoms with E-state index in [9.17, 15) is 9.18 Å². The fourth-order valence-corrected chi connectivity index (χ4v) is 2.53. The second-order valence-electron chi connectivity index (χ2n) is 5.07. The average molecular weight is 289 g/mol. The highest BCUT2D eigenvalue weighted by atomic mass is 19.1. The number of aromatic nitrogens is 3. The van der Waals surface area contributed by atoms with E-state index in [1.165, 1.54) is 12.1 Å². The first-order chi connectivity index (χ1) is 10.2. The number of hydrogen-bond acceptors (Lipinski definition) is 3. The first-order valence-corrected chi connectivity index (χ1v) is 6.89. The minimum atomic E-state index is -0.423. The number of nitrogens with zero attached hydrogens (tertiary/aromatic N) is 3. The molecule has 2 amide bonds. The normalized spacial score (nSPS) is 16.0. The number of rotatable bonds is 2. The van der Waals surface area contributed by atoms with Crippen molar-refractivity contribution in [2.24, 2.45) is 0 Å². The second kappa shape index (κ2) is 5.90. The number of urea groups is 1. The van der Waals surface area contributed by atoms with Gasteiger partial charge in [0, 0.05) is 30.9 Å². The summed E-state index contributed by atoms with van der Waals surface area (Å²) < 4.78 is 12.8. The summed E-state index contributed by atoms with van der Waals surface area (Å²) >= 11 is 0. The summed E-state index contributed by atoms with van der Waals surface area (Å²) in [6.45, 7) is 1.35. The van der Waals surface area contributed by atoms with Gasteiger partial charge in [0.15, 0.2) is 0 Å². The zero-order valence-electron chi connectivity index (χ0n) is 11.4. The molecule has 1 saturated heterocycles. The second-order valence-corrected chi connectivity index (χ2v) is 5.07. The van der Waals surface area contributed by atoms with Crippen LogP contribution in [0.1, 0.15) is 24.5 Å². The number of H-pyrrole nitrogens is 1. The molecule has 0 aromatic carbocycles. The molecule has 0 unspecified atom stereocenters. The van der Waals surface area contributed by atoms with Crippen molar-refractivity contribution in [2.75, 3.05) is 18.4 Å². The predicted octanol–water partition coefficient (Wildman–Crippen LogP) is 2.36. The first-order valence-electron chi connectivity index (χ1n) is 6.89. The Labute approximate surface area is 121 Å². The summed E-state index contributed by atoms with van der Waals surface area (Å²) in [6, 6.07) is 4.50. The number of likely N-dealkylation sites (tertiary alicyclic amines) is 1. The van der Waals surface area contributed by atoms with Crippen LogP contribution in [-0.4, -0.2) is 39.2 Å². The van der Waals surface area contributed by atoms with E-state index in [0.29, 0.717) is 24.8 Å². The van der Waals surface area contributed by atoms with Crippen LogP contribution in [0.15, 0.2) is 30.6 Å². The molecule has 1 fully saturated rings. The van der Waals surface area contributed by atoms with Crippen molar-refractivity contribution in [2.45, 2.75) is 18.8 Å². The van der Waals surface area contributed by atoms with Gasteiger partial charge < -0.3 is 4.90 Å².